The highest BCUT2D eigenvalue weighted by molar-refractivity contribution is 5.40. The minimum Gasteiger partial charge on any atom is -0.392 e. The number of hydrogen-bond acceptors (Lipinski definition) is 3. The van der Waals surface area contributed by atoms with Gasteiger partial charge >= 0.3 is 0 Å². The van der Waals surface area contributed by atoms with Crippen molar-refractivity contribution < 1.29 is 5.11 Å². The van der Waals surface area contributed by atoms with Crippen LogP contribution in [0.5, 0.6) is 0 Å². The van der Waals surface area contributed by atoms with Crippen LogP contribution in [-0.4, -0.2) is 16.7 Å². The van der Waals surface area contributed by atoms with Gasteiger partial charge < -0.3 is 15.8 Å². The van der Waals surface area contributed by atoms with Crippen molar-refractivity contribution >= 4 is 0 Å². The number of rotatable bonds is 2. The fraction of sp³-hybridized carbons (Fsp3) is 0.400. The summed E-state index contributed by atoms with van der Waals surface area (Å²) in [4.78, 5) is 14.4. The zero-order valence-corrected chi connectivity index (χ0v) is 10.7. The minimum atomic E-state index is -0.572. The highest BCUT2D eigenvalue weighted by atomic mass is 16.3. The predicted octanol–water partition coefficient (Wildman–Crippen LogP) is 0.826. The summed E-state index contributed by atoms with van der Waals surface area (Å²) >= 11 is 0. The average Bonchev–Trinajstić information content (AvgIpc) is 2.37. The summed E-state index contributed by atoms with van der Waals surface area (Å²) in [7, 11) is 0. The van der Waals surface area contributed by atoms with Gasteiger partial charge in [0.1, 0.15) is 0 Å². The number of aromatic amines is 1. The topological polar surface area (TPSA) is 79.1 Å². The first-order valence-corrected chi connectivity index (χ1v) is 6.53. The Kier molecular flexibility index (Phi) is 2.73. The molecule has 4 heteroatoms. The molecular formula is C15H18N2O2. The molecule has 4 nitrogen and oxygen atoms in total. The second-order valence-electron chi connectivity index (χ2n) is 5.54. The van der Waals surface area contributed by atoms with Crippen LogP contribution in [0.2, 0.25) is 0 Å². The highest BCUT2D eigenvalue weighted by Gasteiger charge is 2.47. The van der Waals surface area contributed by atoms with Gasteiger partial charge in [0.2, 0.25) is 5.56 Å². The summed E-state index contributed by atoms with van der Waals surface area (Å²) in [5.74, 6) is 0.338. The molecule has 1 heterocycles. The third-order valence-electron chi connectivity index (χ3n) is 4.42. The van der Waals surface area contributed by atoms with Crippen molar-refractivity contribution in [2.24, 2.45) is 17.6 Å². The summed E-state index contributed by atoms with van der Waals surface area (Å²) < 4.78 is 0. The number of nitrogens with two attached hydrogens (primary N) is 1. The van der Waals surface area contributed by atoms with Gasteiger partial charge in [0.25, 0.3) is 0 Å². The van der Waals surface area contributed by atoms with Gasteiger partial charge in [0.15, 0.2) is 0 Å². The number of pyridine rings is 1. The van der Waals surface area contributed by atoms with E-state index in [-0.39, 0.29) is 24.0 Å². The van der Waals surface area contributed by atoms with Gasteiger partial charge in [0.05, 0.1) is 12.1 Å². The molecule has 4 N–H and O–H groups in total. The van der Waals surface area contributed by atoms with Crippen molar-refractivity contribution in [3.05, 3.63) is 58.0 Å². The Balaban J connectivity index is 2.20. The monoisotopic (exact) mass is 258 g/mol. The molecule has 1 aromatic heterocycles. The Labute approximate surface area is 111 Å². The van der Waals surface area contributed by atoms with Crippen LogP contribution in [-0.2, 0) is 12.0 Å². The van der Waals surface area contributed by atoms with Crippen LogP contribution in [0.25, 0.3) is 0 Å². The Hall–Kier alpha value is -1.65. The molecule has 2 aliphatic rings. The van der Waals surface area contributed by atoms with Crippen molar-refractivity contribution in [2.45, 2.75) is 18.4 Å². The molecule has 0 saturated heterocycles. The quantitative estimate of drug-likeness (QED) is 0.687. The predicted molar refractivity (Wildman–Crippen MR) is 73.6 cm³/mol. The number of aliphatic hydroxyl groups is 1. The van der Waals surface area contributed by atoms with Gasteiger partial charge in [-0.2, -0.15) is 0 Å². The summed E-state index contributed by atoms with van der Waals surface area (Å²) in [6.45, 7) is 3.95. The number of allylic oxidation sites excluding steroid dienone is 1. The van der Waals surface area contributed by atoms with Gasteiger partial charge in [0, 0.05) is 17.7 Å². The molecule has 3 atom stereocenters. The minimum absolute atomic E-state index is 0.0397. The van der Waals surface area contributed by atoms with Gasteiger partial charge in [-0.1, -0.05) is 12.2 Å². The number of hydrogen-bond donors (Lipinski definition) is 3. The number of fused-ring (bicyclic) bond motifs is 4. The number of aliphatic hydroxyl groups excluding tert-OH is 1. The van der Waals surface area contributed by atoms with E-state index < -0.39 is 5.54 Å². The molecule has 3 rings (SSSR count). The maximum atomic E-state index is 11.5. The first-order chi connectivity index (χ1) is 9.08. The van der Waals surface area contributed by atoms with Crippen LogP contribution in [0.3, 0.4) is 0 Å². The smallest absolute Gasteiger partial charge is 0.248 e. The normalized spacial score (nSPS) is 32.4. The zero-order chi connectivity index (χ0) is 13.6. The van der Waals surface area contributed by atoms with Crippen molar-refractivity contribution in [1.82, 2.24) is 4.98 Å². The van der Waals surface area contributed by atoms with Gasteiger partial charge in [-0.3, -0.25) is 4.79 Å². The third-order valence-corrected chi connectivity index (χ3v) is 4.42. The molecule has 0 radical (unpaired) electrons. The molecule has 0 fully saturated rings. The van der Waals surface area contributed by atoms with Crippen molar-refractivity contribution in [3.63, 3.8) is 0 Å². The van der Waals surface area contributed by atoms with Gasteiger partial charge in [-0.25, -0.2) is 0 Å². The Bertz CT molecular complexity index is 617. The van der Waals surface area contributed by atoms with Crippen LogP contribution >= 0.6 is 0 Å². The van der Waals surface area contributed by atoms with Gasteiger partial charge in [-0.05, 0) is 36.0 Å². The standard InChI is InChI=1S/C15H18N2O2/c1-2-11-10-5-9(8-18)7-15(11,16)12-3-4-14(19)17-13(12)6-10/h2-5,10-11,18H,1,6-8,16H2,(H,17,19)/t10-,11?,15+/m0/s1. The van der Waals surface area contributed by atoms with E-state index in [1.54, 1.807) is 0 Å². The first-order valence-electron chi connectivity index (χ1n) is 6.53. The fourth-order valence-electron chi connectivity index (χ4n) is 3.65. The second-order valence-corrected chi connectivity index (χ2v) is 5.54. The lowest BCUT2D eigenvalue weighted by atomic mass is 9.60. The lowest BCUT2D eigenvalue weighted by Gasteiger charge is -2.48. The van der Waals surface area contributed by atoms with Crippen LogP contribution < -0.4 is 11.3 Å². The third kappa shape index (κ3) is 1.71. The molecule has 0 saturated carbocycles. The summed E-state index contributed by atoms with van der Waals surface area (Å²) in [6, 6.07) is 3.34. The summed E-state index contributed by atoms with van der Waals surface area (Å²) in [5, 5.41) is 9.40. The second kappa shape index (κ2) is 4.18. The largest absolute Gasteiger partial charge is 0.392 e. The maximum absolute atomic E-state index is 11.5. The molecule has 19 heavy (non-hydrogen) atoms. The first kappa shape index (κ1) is 12.4. The van der Waals surface area contributed by atoms with E-state index in [1.807, 2.05) is 12.1 Å². The molecule has 1 aromatic rings. The molecule has 0 aliphatic heterocycles. The maximum Gasteiger partial charge on any atom is 0.248 e. The Morgan fingerprint density at radius 2 is 2.37 bits per heavy atom. The molecule has 2 aliphatic carbocycles. The molecular weight excluding hydrogens is 240 g/mol. The van der Waals surface area contributed by atoms with E-state index >= 15 is 0 Å². The van der Waals surface area contributed by atoms with Gasteiger partial charge in [-0.15, -0.1) is 6.58 Å². The fourth-order valence-corrected chi connectivity index (χ4v) is 3.65. The van der Waals surface area contributed by atoms with Crippen LogP contribution in [0.15, 0.2) is 41.2 Å². The van der Waals surface area contributed by atoms with E-state index in [9.17, 15) is 9.90 Å². The van der Waals surface area contributed by atoms with Crippen molar-refractivity contribution in [3.8, 4) is 0 Å². The SMILES string of the molecule is C=CC1[C@H]2C=C(CO)C[C@]1(N)c1ccc(=O)[nH]c1C2. The molecule has 2 bridgehead atoms. The molecule has 1 unspecified atom stereocenters. The highest BCUT2D eigenvalue weighted by Crippen LogP contribution is 2.48. The number of nitrogens with one attached hydrogen (secondary N) is 1. The van der Waals surface area contributed by atoms with E-state index in [2.05, 4.69) is 17.6 Å². The Morgan fingerprint density at radius 1 is 1.58 bits per heavy atom. The van der Waals surface area contributed by atoms with Crippen LogP contribution in [0.4, 0.5) is 0 Å². The van der Waals surface area contributed by atoms with Crippen LogP contribution in [0, 0.1) is 11.8 Å². The average molecular weight is 258 g/mol. The lowest BCUT2D eigenvalue weighted by Crippen LogP contribution is -2.53. The lowest BCUT2D eigenvalue weighted by molar-refractivity contribution is 0.203. The number of aromatic nitrogens is 1. The number of H-pyrrole nitrogens is 1. The zero-order valence-electron chi connectivity index (χ0n) is 10.7. The van der Waals surface area contributed by atoms with Crippen molar-refractivity contribution in [1.29, 1.82) is 0 Å². The van der Waals surface area contributed by atoms with E-state index in [0.29, 0.717) is 6.42 Å². The molecule has 0 aromatic carbocycles. The molecule has 0 spiro atoms. The summed E-state index contributed by atoms with van der Waals surface area (Å²) in [6.07, 6.45) is 5.34. The van der Waals surface area contributed by atoms with Crippen LogP contribution in [0.1, 0.15) is 17.7 Å². The van der Waals surface area contributed by atoms with E-state index in [0.717, 1.165) is 23.3 Å². The Morgan fingerprint density at radius 3 is 3.05 bits per heavy atom. The van der Waals surface area contributed by atoms with Crippen molar-refractivity contribution in [2.75, 3.05) is 6.61 Å². The molecule has 0 amide bonds. The van der Waals surface area contributed by atoms with E-state index in [1.165, 1.54) is 6.07 Å². The molecule has 100 valence electrons. The van der Waals surface area contributed by atoms with E-state index in [4.69, 9.17) is 5.73 Å². The summed E-state index contributed by atoms with van der Waals surface area (Å²) in [5.41, 5.74) is 8.85.